The maximum atomic E-state index is 12.8. The third-order valence-corrected chi connectivity index (χ3v) is 3.10. The van der Waals surface area contributed by atoms with Crippen LogP contribution in [-0.2, 0) is 0 Å². The van der Waals surface area contributed by atoms with E-state index in [4.69, 9.17) is 10.3 Å². The summed E-state index contributed by atoms with van der Waals surface area (Å²) < 4.78 is 12.8. The first-order valence-corrected chi connectivity index (χ1v) is 7.02. The molecule has 6 heteroatoms. The molecule has 24 heavy (non-hydrogen) atoms. The molecule has 1 heterocycles. The lowest BCUT2D eigenvalue weighted by atomic mass is 10.00. The van der Waals surface area contributed by atoms with E-state index < -0.39 is 5.82 Å². The van der Waals surface area contributed by atoms with Gasteiger partial charge in [-0.25, -0.2) is 4.39 Å². The maximum Gasteiger partial charge on any atom is 0.318 e. The average molecular weight is 319 g/mol. The number of halogens is 1. The minimum Gasteiger partial charge on any atom is -0.506 e. The molecule has 0 saturated carbocycles. The fourth-order valence-corrected chi connectivity index (χ4v) is 1.97. The van der Waals surface area contributed by atoms with Gasteiger partial charge in [-0.2, -0.15) is 5.26 Å². The molecular weight excluding hydrogens is 306 g/mol. The van der Waals surface area contributed by atoms with E-state index in [1.807, 2.05) is 18.2 Å². The molecule has 0 aliphatic rings. The van der Waals surface area contributed by atoms with Crippen LogP contribution in [0.4, 0.5) is 4.39 Å². The van der Waals surface area contributed by atoms with E-state index in [1.165, 1.54) is 24.2 Å². The predicted molar refractivity (Wildman–Crippen MR) is 91.5 cm³/mol. The summed E-state index contributed by atoms with van der Waals surface area (Å²) in [5.74, 6) is 1.10. The topological polar surface area (TPSA) is 77.1 Å². The van der Waals surface area contributed by atoms with Crippen LogP contribution in [0.2, 0.25) is 0 Å². The van der Waals surface area contributed by atoms with Crippen LogP contribution < -0.4 is 0 Å². The van der Waals surface area contributed by atoms with E-state index in [-0.39, 0.29) is 11.3 Å². The van der Waals surface area contributed by atoms with Gasteiger partial charge in [0.05, 0.1) is 5.56 Å². The van der Waals surface area contributed by atoms with Crippen molar-refractivity contribution in [1.82, 2.24) is 4.98 Å². The number of hydrogen-bond acceptors (Lipinski definition) is 4. The fraction of sp³-hybridized carbons (Fsp3) is 0. The minimum atomic E-state index is -0.535. The molecule has 0 atom stereocenters. The summed E-state index contributed by atoms with van der Waals surface area (Å²) in [6.45, 7) is 0. The number of benzene rings is 2. The maximum absolute atomic E-state index is 12.8. The Labute approximate surface area is 139 Å². The van der Waals surface area contributed by atoms with E-state index in [1.54, 1.807) is 30.5 Å². The molecule has 0 unspecified atom stereocenters. The van der Waals surface area contributed by atoms with Crippen LogP contribution in [0.15, 0.2) is 60.7 Å². The first kappa shape index (κ1) is 17.2. The first-order chi connectivity index (χ1) is 11.7. The molecule has 2 aromatic carbocycles. The number of aromatic hydroxyl groups is 1. The summed E-state index contributed by atoms with van der Waals surface area (Å²) in [6, 6.07) is 15.0. The molecule has 0 saturated heterocycles. The number of para-hydroxylation sites is 1. The number of pyridine rings is 1. The second-order valence-corrected chi connectivity index (χ2v) is 4.71. The van der Waals surface area contributed by atoms with E-state index in [0.717, 1.165) is 12.9 Å². The zero-order valence-corrected chi connectivity index (χ0v) is 12.6. The van der Waals surface area contributed by atoms with Crippen LogP contribution in [0.25, 0.3) is 17.0 Å². The smallest absolute Gasteiger partial charge is 0.318 e. The minimum absolute atomic E-state index is 0.0000831. The predicted octanol–water partition coefficient (Wildman–Crippen LogP) is 3.22. The van der Waals surface area contributed by atoms with Gasteiger partial charge in [-0.05, 0) is 29.8 Å². The summed E-state index contributed by atoms with van der Waals surface area (Å²) in [4.78, 5) is 4.03. The van der Waals surface area contributed by atoms with Crippen molar-refractivity contribution in [2.24, 2.45) is 0 Å². The van der Waals surface area contributed by atoms with Crippen LogP contribution in [-0.4, -0.2) is 22.6 Å². The van der Waals surface area contributed by atoms with Gasteiger partial charge in [0.2, 0.25) is 0 Å². The highest BCUT2D eigenvalue weighted by Crippen LogP contribution is 2.20. The van der Waals surface area contributed by atoms with E-state index in [9.17, 15) is 9.50 Å². The molecule has 0 amide bonds. The Kier molecular flexibility index (Phi) is 6.06. The number of nitriles is 1. The van der Waals surface area contributed by atoms with Crippen LogP contribution in [0.1, 0.15) is 11.1 Å². The highest BCUT2D eigenvalue weighted by atomic mass is 19.1. The highest BCUT2D eigenvalue weighted by Gasteiger charge is 2.00. The van der Waals surface area contributed by atoms with Crippen molar-refractivity contribution in [2.45, 2.75) is 0 Å². The number of phenolic OH excluding ortho intramolecular Hbond substituents is 1. The van der Waals surface area contributed by atoms with Crippen molar-refractivity contribution in [3.63, 3.8) is 0 Å². The summed E-state index contributed by atoms with van der Waals surface area (Å²) in [5, 5.41) is 27.1. The molecule has 117 valence electrons. The number of phenols is 1. The standard InChI is InChI=1S/C9H6BFNO.C9H7NO/c11-9-2-1-7(3-4-10-13)5-8(9)6-12;11-8-5-1-3-7-4-2-6-10-9(7)8/h1-5,13H;1-6,11H. The fourth-order valence-electron chi connectivity index (χ4n) is 1.97. The van der Waals surface area contributed by atoms with E-state index >= 15 is 0 Å². The molecule has 3 aromatic rings. The van der Waals surface area contributed by atoms with E-state index in [2.05, 4.69) is 4.98 Å². The number of aromatic nitrogens is 1. The van der Waals surface area contributed by atoms with Crippen molar-refractivity contribution in [3.8, 4) is 11.8 Å². The van der Waals surface area contributed by atoms with Crippen LogP contribution in [0.5, 0.6) is 5.75 Å². The molecule has 0 spiro atoms. The number of nitrogens with zero attached hydrogens (tertiary/aromatic N) is 2. The van der Waals surface area contributed by atoms with Crippen molar-refractivity contribution in [2.75, 3.05) is 0 Å². The Balaban J connectivity index is 0.000000175. The van der Waals surface area contributed by atoms with Crippen LogP contribution in [0.3, 0.4) is 0 Å². The Morgan fingerprint density at radius 3 is 2.67 bits per heavy atom. The third kappa shape index (κ3) is 4.42. The SMILES string of the molecule is N#Cc1cc(C=C[B]O)ccc1F.Oc1cccc2cccnc12. The van der Waals surface area contributed by atoms with Crippen LogP contribution in [0, 0.1) is 17.1 Å². The molecular formula is C18H13BFN2O2. The molecule has 0 aliphatic heterocycles. The molecule has 0 bridgehead atoms. The zero-order chi connectivity index (χ0) is 17.4. The Bertz CT molecular complexity index is 902. The van der Waals surface area contributed by atoms with Gasteiger partial charge in [0.15, 0.2) is 0 Å². The quantitative estimate of drug-likeness (QED) is 0.711. The molecule has 3 rings (SSSR count). The van der Waals surface area contributed by atoms with Gasteiger partial charge >= 0.3 is 7.48 Å². The normalized spacial score (nSPS) is 10.0. The van der Waals surface area contributed by atoms with Crippen molar-refractivity contribution >= 4 is 24.5 Å². The highest BCUT2D eigenvalue weighted by molar-refractivity contribution is 6.34. The lowest BCUT2D eigenvalue weighted by molar-refractivity contribution is 0.480. The summed E-state index contributed by atoms with van der Waals surface area (Å²) >= 11 is 0. The van der Waals surface area contributed by atoms with Gasteiger partial charge in [-0.15, -0.1) is 0 Å². The third-order valence-electron chi connectivity index (χ3n) is 3.10. The Morgan fingerprint density at radius 1 is 1.17 bits per heavy atom. The number of fused-ring (bicyclic) bond motifs is 1. The van der Waals surface area contributed by atoms with Crippen molar-refractivity contribution in [1.29, 1.82) is 5.26 Å². The van der Waals surface area contributed by atoms with Crippen molar-refractivity contribution in [3.05, 3.63) is 77.6 Å². The van der Waals surface area contributed by atoms with Gasteiger partial charge in [-0.1, -0.05) is 36.3 Å². The van der Waals surface area contributed by atoms with E-state index in [0.29, 0.717) is 11.1 Å². The molecule has 1 radical (unpaired) electrons. The van der Waals surface area contributed by atoms with Gasteiger partial charge in [-0.3, -0.25) is 4.98 Å². The van der Waals surface area contributed by atoms with Gasteiger partial charge < -0.3 is 10.1 Å². The van der Waals surface area contributed by atoms with Gasteiger partial charge in [0, 0.05) is 11.6 Å². The lowest BCUT2D eigenvalue weighted by Gasteiger charge is -1.96. The number of rotatable bonds is 2. The second-order valence-electron chi connectivity index (χ2n) is 4.71. The van der Waals surface area contributed by atoms with Crippen molar-refractivity contribution < 1.29 is 14.5 Å². The molecule has 0 fully saturated rings. The summed E-state index contributed by atoms with van der Waals surface area (Å²) in [6.07, 6.45) is 3.24. The van der Waals surface area contributed by atoms with Gasteiger partial charge in [0.1, 0.15) is 23.2 Å². The first-order valence-electron chi connectivity index (χ1n) is 7.02. The summed E-state index contributed by atoms with van der Waals surface area (Å²) in [5.41, 5.74) is 1.33. The summed E-state index contributed by atoms with van der Waals surface area (Å²) in [7, 11) is 0.870. The average Bonchev–Trinajstić information content (AvgIpc) is 2.62. The second kappa shape index (κ2) is 8.46. The van der Waals surface area contributed by atoms with Gasteiger partial charge in [0.25, 0.3) is 0 Å². The molecule has 0 aliphatic carbocycles. The number of hydrogen-bond donors (Lipinski definition) is 2. The lowest BCUT2D eigenvalue weighted by Crippen LogP contribution is -1.85. The Hall–Kier alpha value is -3.17. The molecule has 2 N–H and O–H groups in total. The Morgan fingerprint density at radius 2 is 1.96 bits per heavy atom. The largest absolute Gasteiger partial charge is 0.506 e. The zero-order valence-electron chi connectivity index (χ0n) is 12.6. The molecule has 1 aromatic heterocycles. The monoisotopic (exact) mass is 319 g/mol. The molecule has 4 nitrogen and oxygen atoms in total. The van der Waals surface area contributed by atoms with Crippen LogP contribution >= 0.6 is 0 Å².